The number of esters is 1. The summed E-state index contributed by atoms with van der Waals surface area (Å²) in [5.74, 6) is 0.462. The van der Waals surface area contributed by atoms with Crippen LogP contribution in [-0.2, 0) is 14.3 Å². The lowest BCUT2D eigenvalue weighted by Gasteiger charge is -2.33. The number of fused-ring (bicyclic) bond motifs is 1. The molecule has 1 aliphatic heterocycles. The largest absolute Gasteiger partial charge is 0.466 e. The first-order valence-corrected chi connectivity index (χ1v) is 11.8. The number of ether oxygens (including phenoxy) is 2. The van der Waals surface area contributed by atoms with Crippen LogP contribution in [0.3, 0.4) is 0 Å². The normalized spacial score (nSPS) is 18.2. The molecule has 0 radical (unpaired) electrons. The van der Waals surface area contributed by atoms with Gasteiger partial charge in [-0.3, -0.25) is 4.98 Å². The molecule has 2 aliphatic rings. The number of nitrogens with zero attached hydrogens (tertiary/aromatic N) is 2. The van der Waals surface area contributed by atoms with Crippen molar-refractivity contribution in [2.45, 2.75) is 64.9 Å². The van der Waals surface area contributed by atoms with Crippen molar-refractivity contribution < 1.29 is 19.1 Å². The number of aromatic nitrogens is 1. The van der Waals surface area contributed by atoms with E-state index in [0.29, 0.717) is 30.5 Å². The lowest BCUT2D eigenvalue weighted by Crippen LogP contribution is -2.41. The monoisotopic (exact) mass is 450 g/mol. The minimum absolute atomic E-state index is 0.238. The van der Waals surface area contributed by atoms with Crippen molar-refractivity contribution in [3.63, 3.8) is 0 Å². The van der Waals surface area contributed by atoms with Gasteiger partial charge in [0.15, 0.2) is 0 Å². The van der Waals surface area contributed by atoms with Crippen molar-refractivity contribution in [2.75, 3.05) is 20.2 Å². The fourth-order valence-corrected chi connectivity index (χ4v) is 4.61. The van der Waals surface area contributed by atoms with Crippen molar-refractivity contribution in [1.29, 1.82) is 0 Å². The van der Waals surface area contributed by atoms with E-state index >= 15 is 0 Å². The smallest absolute Gasteiger partial charge is 0.410 e. The molecule has 1 saturated carbocycles. The van der Waals surface area contributed by atoms with Gasteiger partial charge in [-0.05, 0) is 82.6 Å². The number of carbonyl (C=O) groups is 2. The Morgan fingerprint density at radius 2 is 1.70 bits per heavy atom. The average Bonchev–Trinajstić information content (AvgIpc) is 3.62. The number of hydrogen-bond acceptors (Lipinski definition) is 5. The lowest BCUT2D eigenvalue weighted by atomic mass is 9.92. The summed E-state index contributed by atoms with van der Waals surface area (Å²) in [6, 6.07) is 10.5. The number of likely N-dealkylation sites (tertiary alicyclic amines) is 1. The van der Waals surface area contributed by atoms with Crippen LogP contribution >= 0.6 is 0 Å². The van der Waals surface area contributed by atoms with Crippen molar-refractivity contribution in [3.05, 3.63) is 47.2 Å². The molecule has 6 nitrogen and oxygen atoms in total. The Morgan fingerprint density at radius 1 is 1.03 bits per heavy atom. The molecule has 4 rings (SSSR count). The molecule has 1 aliphatic carbocycles. The number of benzene rings is 1. The van der Waals surface area contributed by atoms with E-state index in [1.165, 1.54) is 7.11 Å². The molecule has 2 fully saturated rings. The van der Waals surface area contributed by atoms with Gasteiger partial charge in [0.1, 0.15) is 5.60 Å². The van der Waals surface area contributed by atoms with Crippen LogP contribution in [0.5, 0.6) is 0 Å². The van der Waals surface area contributed by atoms with Gasteiger partial charge in [0.2, 0.25) is 0 Å². The van der Waals surface area contributed by atoms with E-state index < -0.39 is 5.60 Å². The second-order valence-electron chi connectivity index (χ2n) is 10.2. The van der Waals surface area contributed by atoms with Gasteiger partial charge in [0, 0.05) is 35.7 Å². The molecule has 1 amide bonds. The van der Waals surface area contributed by atoms with Crippen molar-refractivity contribution in [2.24, 2.45) is 5.92 Å². The maximum absolute atomic E-state index is 12.4. The van der Waals surface area contributed by atoms with Gasteiger partial charge in [0.25, 0.3) is 0 Å². The number of hydrogen-bond donors (Lipinski definition) is 0. The van der Waals surface area contributed by atoms with Gasteiger partial charge in [-0.2, -0.15) is 0 Å². The number of methoxy groups -OCH3 is 1. The summed E-state index contributed by atoms with van der Waals surface area (Å²) in [5.41, 5.74) is 4.34. The van der Waals surface area contributed by atoms with Gasteiger partial charge in [-0.1, -0.05) is 18.2 Å². The average molecular weight is 451 g/mol. The maximum Gasteiger partial charge on any atom is 0.410 e. The Hall–Kier alpha value is -2.89. The second kappa shape index (κ2) is 9.16. The number of pyridine rings is 1. The predicted molar refractivity (Wildman–Crippen MR) is 129 cm³/mol. The highest BCUT2D eigenvalue weighted by Crippen LogP contribution is 2.44. The van der Waals surface area contributed by atoms with Gasteiger partial charge in [-0.15, -0.1) is 0 Å². The van der Waals surface area contributed by atoms with Crippen LogP contribution in [0.2, 0.25) is 0 Å². The summed E-state index contributed by atoms with van der Waals surface area (Å²) in [5, 5.41) is 1.08. The molecule has 33 heavy (non-hydrogen) atoms. The molecule has 0 bridgehead atoms. The first-order valence-electron chi connectivity index (χ1n) is 11.8. The summed E-state index contributed by atoms with van der Waals surface area (Å²) < 4.78 is 10.5. The van der Waals surface area contributed by atoms with Gasteiger partial charge < -0.3 is 14.4 Å². The van der Waals surface area contributed by atoms with Crippen LogP contribution in [0.15, 0.2) is 35.9 Å². The van der Waals surface area contributed by atoms with Gasteiger partial charge in [0.05, 0.1) is 12.6 Å². The molecule has 176 valence electrons. The molecule has 0 unspecified atom stereocenters. The molecular formula is C27H34N2O4. The van der Waals surface area contributed by atoms with Crippen LogP contribution < -0.4 is 0 Å². The highest BCUT2D eigenvalue weighted by molar-refractivity contribution is 5.99. The van der Waals surface area contributed by atoms with E-state index in [0.717, 1.165) is 53.4 Å². The first-order chi connectivity index (χ1) is 15.7. The zero-order chi connectivity index (χ0) is 23.8. The van der Waals surface area contributed by atoms with E-state index in [4.69, 9.17) is 14.5 Å². The van der Waals surface area contributed by atoms with Gasteiger partial charge >= 0.3 is 12.1 Å². The SMILES string of the molecule is COC(=O)C(C)=C(c1ccc2ccc(C3CCN(C(=O)OC(C)(C)C)CC3)nc2c1)C1CC1. The third-order valence-electron chi connectivity index (χ3n) is 6.47. The highest BCUT2D eigenvalue weighted by atomic mass is 16.6. The Labute approximate surface area is 196 Å². The standard InChI is InChI=1S/C27H34N2O4/c1-17(25(30)32-5)24(20-7-8-20)21-9-6-18-10-11-22(28-23(18)16-21)19-12-14-29(15-13-19)26(31)33-27(2,3)4/h6,9-11,16,19-20H,7-8,12-15H2,1-5H3. The topological polar surface area (TPSA) is 68.7 Å². The summed E-state index contributed by atoms with van der Waals surface area (Å²) >= 11 is 0. The second-order valence-corrected chi connectivity index (χ2v) is 10.2. The van der Waals surface area contributed by atoms with E-state index in [9.17, 15) is 9.59 Å². The van der Waals surface area contributed by atoms with Crippen molar-refractivity contribution >= 4 is 28.5 Å². The Balaban J connectivity index is 1.54. The van der Waals surface area contributed by atoms with E-state index in [1.54, 1.807) is 4.90 Å². The predicted octanol–water partition coefficient (Wildman–Crippen LogP) is 5.71. The quantitative estimate of drug-likeness (QED) is 0.441. The van der Waals surface area contributed by atoms with E-state index in [-0.39, 0.29) is 12.1 Å². The zero-order valence-corrected chi connectivity index (χ0v) is 20.3. The minimum atomic E-state index is -0.481. The Bertz CT molecular complexity index is 1090. The third kappa shape index (κ3) is 5.37. The van der Waals surface area contributed by atoms with Gasteiger partial charge in [-0.25, -0.2) is 9.59 Å². The molecular weight excluding hydrogens is 416 g/mol. The summed E-state index contributed by atoms with van der Waals surface area (Å²) in [6.07, 6.45) is 3.70. The number of piperidine rings is 1. The Kier molecular flexibility index (Phi) is 6.46. The lowest BCUT2D eigenvalue weighted by molar-refractivity contribution is -0.136. The maximum atomic E-state index is 12.4. The van der Waals surface area contributed by atoms with Crippen LogP contribution in [0, 0.1) is 5.92 Å². The van der Waals surface area contributed by atoms with Crippen molar-refractivity contribution in [3.8, 4) is 0 Å². The fraction of sp³-hybridized carbons (Fsp3) is 0.519. The molecule has 1 saturated heterocycles. The molecule has 2 aromatic rings. The molecule has 6 heteroatoms. The number of allylic oxidation sites excluding steroid dienone is 1. The highest BCUT2D eigenvalue weighted by Gasteiger charge is 2.31. The zero-order valence-electron chi connectivity index (χ0n) is 20.3. The summed E-state index contributed by atoms with van der Waals surface area (Å²) in [4.78, 5) is 31.4. The number of rotatable bonds is 4. The summed E-state index contributed by atoms with van der Waals surface area (Å²) in [7, 11) is 1.43. The van der Waals surface area contributed by atoms with Crippen LogP contribution in [-0.4, -0.2) is 47.7 Å². The van der Waals surface area contributed by atoms with Crippen LogP contribution in [0.1, 0.15) is 70.6 Å². The molecule has 2 heterocycles. The van der Waals surface area contributed by atoms with Crippen LogP contribution in [0.4, 0.5) is 4.79 Å². The van der Waals surface area contributed by atoms with E-state index in [1.807, 2.05) is 27.7 Å². The van der Waals surface area contributed by atoms with Crippen LogP contribution in [0.25, 0.3) is 16.5 Å². The third-order valence-corrected chi connectivity index (χ3v) is 6.47. The molecule has 0 N–H and O–H groups in total. The fourth-order valence-electron chi connectivity index (χ4n) is 4.61. The van der Waals surface area contributed by atoms with Crippen molar-refractivity contribution in [1.82, 2.24) is 9.88 Å². The molecule has 0 atom stereocenters. The minimum Gasteiger partial charge on any atom is -0.466 e. The Morgan fingerprint density at radius 3 is 2.30 bits per heavy atom. The molecule has 0 spiro atoms. The molecule has 1 aromatic carbocycles. The van der Waals surface area contributed by atoms with E-state index in [2.05, 4.69) is 30.3 Å². The summed E-state index contributed by atoms with van der Waals surface area (Å²) in [6.45, 7) is 8.87. The first kappa shape index (κ1) is 23.3. The number of carbonyl (C=O) groups excluding carboxylic acids is 2. The molecule has 1 aromatic heterocycles. The number of amides is 1.